The van der Waals surface area contributed by atoms with Gasteiger partial charge in [0.2, 0.25) is 41.1 Å². The van der Waals surface area contributed by atoms with Gasteiger partial charge in [-0.3, -0.25) is 43.7 Å². The molecule has 0 spiro atoms. The fourth-order valence-corrected chi connectivity index (χ4v) is 5.74. The molecule has 1 rings (SSSR count). The van der Waals surface area contributed by atoms with Gasteiger partial charge >= 0.3 is 0 Å². The third-order valence-corrected chi connectivity index (χ3v) is 9.18. The molecule has 0 fully saturated rings. The van der Waals surface area contributed by atoms with E-state index in [0.717, 1.165) is 5.56 Å². The fourth-order valence-electron chi connectivity index (χ4n) is 5.74. The number of nitrogens with two attached hydrogens (primary N) is 4. The van der Waals surface area contributed by atoms with Gasteiger partial charge in [0.15, 0.2) is 5.78 Å². The lowest BCUT2D eigenvalue weighted by molar-refractivity contribution is -0.141. The van der Waals surface area contributed by atoms with Crippen molar-refractivity contribution in [2.24, 2.45) is 28.9 Å². The van der Waals surface area contributed by atoms with Crippen molar-refractivity contribution in [2.75, 3.05) is 39.5 Å². The molecule has 8 atom stereocenters. The van der Waals surface area contributed by atoms with Crippen molar-refractivity contribution in [1.29, 1.82) is 0 Å². The number of Topliss-reactive ketones (excluding diaryl/α,β-unsaturated/α-hetero) is 3. The molecule has 0 radical (unpaired) electrons. The molecule has 58 heavy (non-hydrogen) atoms. The van der Waals surface area contributed by atoms with Gasteiger partial charge in [-0.15, -0.1) is 0 Å². The average molecular weight is 824 g/mol. The third kappa shape index (κ3) is 19.6. The molecule has 21 heteroatoms. The number of amides is 5. The molecule has 0 aliphatic heterocycles. The van der Waals surface area contributed by atoms with Crippen molar-refractivity contribution in [1.82, 2.24) is 26.6 Å². The van der Waals surface area contributed by atoms with E-state index in [1.54, 1.807) is 0 Å². The molecule has 21 nitrogen and oxygen atoms in total. The number of carbonyl (C=O) groups excluding carboxylic acids is 8. The van der Waals surface area contributed by atoms with Crippen LogP contribution in [0, 0.1) is 5.92 Å². The maximum atomic E-state index is 13.1. The van der Waals surface area contributed by atoms with Gasteiger partial charge in [-0.25, -0.2) is 0 Å². The summed E-state index contributed by atoms with van der Waals surface area (Å²) in [4.78, 5) is 99.3. The highest BCUT2D eigenvalue weighted by molar-refractivity contribution is 6.41. The first kappa shape index (κ1) is 51.3. The molecular weight excluding hydrogens is 762 g/mol. The SMILES string of the molecule is CC(O)C(NCC(CC(N)=O)N[C@@H](CO)C(N)=O)C(=O)C(=O)[C@H](CO)NCC(CCC(=O)NCCCCCC(=O)C(Cc1ccccc1)NC(=O)C(N)CO)C(N)=O. The normalized spacial score (nSPS) is 15.4. The minimum absolute atomic E-state index is 0.0380. The third-order valence-electron chi connectivity index (χ3n) is 9.18. The zero-order chi connectivity index (χ0) is 43.8. The molecule has 0 aromatic heterocycles. The number of benzene rings is 1. The van der Waals surface area contributed by atoms with Gasteiger partial charge in [0, 0.05) is 44.9 Å². The maximum absolute atomic E-state index is 13.1. The minimum Gasteiger partial charge on any atom is -0.394 e. The first-order valence-electron chi connectivity index (χ1n) is 19.0. The number of ketones is 3. The molecule has 1 aromatic rings. The van der Waals surface area contributed by atoms with E-state index >= 15 is 0 Å². The van der Waals surface area contributed by atoms with E-state index in [0.29, 0.717) is 19.3 Å². The van der Waals surface area contributed by atoms with Crippen LogP contribution < -0.4 is 49.5 Å². The Balaban J connectivity index is 2.63. The number of primary amides is 3. The van der Waals surface area contributed by atoms with E-state index < -0.39 is 109 Å². The van der Waals surface area contributed by atoms with Crippen LogP contribution >= 0.6 is 0 Å². The monoisotopic (exact) mass is 823 g/mol. The average Bonchev–Trinajstić information content (AvgIpc) is 3.18. The minimum atomic E-state index is -1.54. The summed E-state index contributed by atoms with van der Waals surface area (Å²) in [7, 11) is 0. The van der Waals surface area contributed by atoms with E-state index in [-0.39, 0.29) is 57.5 Å². The first-order chi connectivity index (χ1) is 27.4. The largest absolute Gasteiger partial charge is 0.394 e. The molecule has 0 saturated carbocycles. The van der Waals surface area contributed by atoms with Crippen LogP contribution in [-0.2, 0) is 44.8 Å². The Morgan fingerprint density at radius 2 is 1.40 bits per heavy atom. The summed E-state index contributed by atoms with van der Waals surface area (Å²) in [5, 5.41) is 52.0. The van der Waals surface area contributed by atoms with Gasteiger partial charge in [0.1, 0.15) is 18.1 Å². The van der Waals surface area contributed by atoms with Crippen LogP contribution in [0.2, 0.25) is 0 Å². The summed E-state index contributed by atoms with van der Waals surface area (Å²) in [6.45, 7) is -1.24. The maximum Gasteiger partial charge on any atom is 0.239 e. The van der Waals surface area contributed by atoms with Crippen molar-refractivity contribution >= 4 is 46.9 Å². The number of carbonyl (C=O) groups is 8. The second-order valence-corrected chi connectivity index (χ2v) is 14.0. The Kier molecular flexibility index (Phi) is 24.6. The Hall–Kier alpha value is -4.74. The number of aliphatic hydroxyl groups excluding tert-OH is 4. The lowest BCUT2D eigenvalue weighted by atomic mass is 9.97. The zero-order valence-corrected chi connectivity index (χ0v) is 32.8. The lowest BCUT2D eigenvalue weighted by Gasteiger charge is -2.27. The molecule has 0 aliphatic carbocycles. The molecule has 17 N–H and O–H groups in total. The molecule has 0 bridgehead atoms. The van der Waals surface area contributed by atoms with E-state index in [4.69, 9.17) is 22.9 Å². The highest BCUT2D eigenvalue weighted by Crippen LogP contribution is 2.10. The quantitative estimate of drug-likeness (QED) is 0.0232. The fraction of sp³-hybridized carbons (Fsp3) is 0.622. The van der Waals surface area contributed by atoms with E-state index in [9.17, 15) is 58.8 Å². The highest BCUT2D eigenvalue weighted by Gasteiger charge is 2.35. The number of nitrogens with one attached hydrogen (secondary N) is 5. The second-order valence-electron chi connectivity index (χ2n) is 14.0. The van der Waals surface area contributed by atoms with Gasteiger partial charge in [-0.05, 0) is 38.2 Å². The van der Waals surface area contributed by atoms with Gasteiger partial charge in [-0.1, -0.05) is 36.8 Å². The van der Waals surface area contributed by atoms with Crippen molar-refractivity contribution in [3.63, 3.8) is 0 Å². The van der Waals surface area contributed by atoms with Crippen molar-refractivity contribution in [3.05, 3.63) is 35.9 Å². The number of rotatable bonds is 33. The number of aliphatic hydroxyl groups is 4. The smallest absolute Gasteiger partial charge is 0.239 e. The summed E-state index contributed by atoms with van der Waals surface area (Å²) in [5.41, 5.74) is 22.4. The lowest BCUT2D eigenvalue weighted by Crippen LogP contribution is -2.58. The Morgan fingerprint density at radius 3 is 1.95 bits per heavy atom. The zero-order valence-electron chi connectivity index (χ0n) is 32.8. The van der Waals surface area contributed by atoms with Crippen LogP contribution in [0.15, 0.2) is 30.3 Å². The van der Waals surface area contributed by atoms with Crippen LogP contribution in [0.5, 0.6) is 0 Å². The van der Waals surface area contributed by atoms with Gasteiger partial charge in [-0.2, -0.15) is 0 Å². The molecule has 326 valence electrons. The standard InChI is InChI=1S/C37H61N9O12/c1-21(50)32(44-17-24(15-30(39)52)45-28(20-49)36(41)57)34(55)33(54)27(19-48)43-16-23(35(40)56)11-12-31(53)42-13-7-3-6-10-29(51)26(46-37(58)25(38)18-47)14-22-8-4-2-5-9-22/h2,4-5,8-9,21,23-28,32,43-45,47-50H,3,6-7,10-20,38H2,1H3,(H2,39,52)(H2,40,56)(H2,41,57)(H,42,53)(H,46,58)/t21?,23?,24?,25?,26?,27-,28-,32?/m0/s1. The van der Waals surface area contributed by atoms with Crippen LogP contribution in [0.1, 0.15) is 57.4 Å². The number of hydrogen-bond acceptors (Lipinski definition) is 16. The summed E-state index contributed by atoms with van der Waals surface area (Å²) in [6, 6.07) is 1.84. The molecule has 6 unspecified atom stereocenters. The molecule has 0 aliphatic rings. The summed E-state index contributed by atoms with van der Waals surface area (Å²) in [6.07, 6.45) is 0.0128. The predicted octanol–water partition coefficient (Wildman–Crippen LogP) is -5.73. The second kappa shape index (κ2) is 27.8. The van der Waals surface area contributed by atoms with Crippen LogP contribution in [0.4, 0.5) is 0 Å². The summed E-state index contributed by atoms with van der Waals surface area (Å²) >= 11 is 0. The van der Waals surface area contributed by atoms with Crippen LogP contribution in [-0.4, -0.2) is 149 Å². The topological polar surface area (TPSA) is 382 Å². The van der Waals surface area contributed by atoms with Crippen LogP contribution in [0.25, 0.3) is 0 Å². The molecular formula is C37H61N9O12. The highest BCUT2D eigenvalue weighted by atomic mass is 16.3. The predicted molar refractivity (Wildman–Crippen MR) is 209 cm³/mol. The summed E-state index contributed by atoms with van der Waals surface area (Å²) in [5.74, 6) is -7.08. The van der Waals surface area contributed by atoms with Gasteiger partial charge in [0.05, 0.1) is 43.9 Å². The Morgan fingerprint density at radius 1 is 0.741 bits per heavy atom. The Bertz CT molecular complexity index is 1500. The van der Waals surface area contributed by atoms with Crippen molar-refractivity contribution < 1.29 is 58.8 Å². The van der Waals surface area contributed by atoms with Gasteiger partial charge in [0.25, 0.3) is 0 Å². The van der Waals surface area contributed by atoms with Crippen molar-refractivity contribution in [3.8, 4) is 0 Å². The van der Waals surface area contributed by atoms with Crippen LogP contribution in [0.3, 0.4) is 0 Å². The van der Waals surface area contributed by atoms with E-state index in [2.05, 4.69) is 26.6 Å². The molecule has 0 saturated heterocycles. The summed E-state index contributed by atoms with van der Waals surface area (Å²) < 4.78 is 0. The van der Waals surface area contributed by atoms with Gasteiger partial charge < -0.3 is 64.6 Å². The van der Waals surface area contributed by atoms with Crippen molar-refractivity contribution in [2.45, 2.75) is 101 Å². The molecule has 5 amide bonds. The Labute approximate surface area is 336 Å². The molecule has 0 heterocycles. The first-order valence-corrected chi connectivity index (χ1v) is 19.0. The number of hydrogen-bond donors (Lipinski definition) is 13. The van der Waals surface area contributed by atoms with E-state index in [1.165, 1.54) is 6.92 Å². The van der Waals surface area contributed by atoms with E-state index in [1.807, 2.05) is 30.3 Å². The molecule has 1 aromatic carbocycles. The number of unbranched alkanes of at least 4 members (excludes halogenated alkanes) is 2.